The van der Waals surface area contributed by atoms with Crippen LogP contribution in [0, 0.1) is 5.92 Å². The van der Waals surface area contributed by atoms with Crippen molar-refractivity contribution in [2.75, 3.05) is 32.0 Å². The third-order valence-corrected chi connectivity index (χ3v) is 4.02. The van der Waals surface area contributed by atoms with Crippen LogP contribution in [-0.4, -0.2) is 43.5 Å². The molecule has 1 aromatic carbocycles. The van der Waals surface area contributed by atoms with E-state index in [1.54, 1.807) is 0 Å². The third-order valence-electron chi connectivity index (χ3n) is 4.02. The van der Waals surface area contributed by atoms with E-state index in [0.29, 0.717) is 0 Å². The van der Waals surface area contributed by atoms with E-state index >= 15 is 0 Å². The van der Waals surface area contributed by atoms with Gasteiger partial charge < -0.3 is 16.0 Å². The lowest BCUT2D eigenvalue weighted by Crippen LogP contribution is -2.38. The molecule has 6 nitrogen and oxygen atoms in total. The lowest BCUT2D eigenvalue weighted by atomic mass is 10.00. The molecule has 0 radical (unpaired) electrons. The first-order valence-electron chi connectivity index (χ1n) is 8.13. The zero-order valence-corrected chi connectivity index (χ0v) is 13.9. The molecule has 0 saturated carbocycles. The van der Waals surface area contributed by atoms with Crippen molar-refractivity contribution in [3.8, 4) is 0 Å². The highest BCUT2D eigenvalue weighted by atomic mass is 16.2. The van der Waals surface area contributed by atoms with Crippen molar-refractivity contribution in [3.05, 3.63) is 29.8 Å². The smallest absolute Gasteiger partial charge is 0.314 e. The summed E-state index contributed by atoms with van der Waals surface area (Å²) in [6, 6.07) is 7.52. The Morgan fingerprint density at radius 3 is 2.65 bits per heavy atom. The summed E-state index contributed by atoms with van der Waals surface area (Å²) < 4.78 is 0. The highest BCUT2D eigenvalue weighted by molar-refractivity contribution is 5.94. The van der Waals surface area contributed by atoms with E-state index in [1.165, 1.54) is 25.5 Å². The SMILES string of the molecule is CNC(=O)NCC(=O)Nc1ccc(CN2CCC[C@@H](C)C2)cc1. The molecule has 6 heteroatoms. The number of likely N-dealkylation sites (tertiary alicyclic amines) is 1. The highest BCUT2D eigenvalue weighted by Gasteiger charge is 2.16. The van der Waals surface area contributed by atoms with E-state index in [2.05, 4.69) is 27.8 Å². The van der Waals surface area contributed by atoms with Crippen molar-refractivity contribution in [1.29, 1.82) is 0 Å². The zero-order valence-electron chi connectivity index (χ0n) is 13.9. The number of benzene rings is 1. The van der Waals surface area contributed by atoms with Gasteiger partial charge in [-0.1, -0.05) is 19.1 Å². The molecule has 0 aromatic heterocycles. The second-order valence-electron chi connectivity index (χ2n) is 6.16. The number of hydrogen-bond acceptors (Lipinski definition) is 3. The molecule has 2 rings (SSSR count). The second-order valence-corrected chi connectivity index (χ2v) is 6.16. The number of hydrogen-bond donors (Lipinski definition) is 3. The Balaban J connectivity index is 1.79. The lowest BCUT2D eigenvalue weighted by molar-refractivity contribution is -0.115. The molecule has 0 aliphatic carbocycles. The number of anilines is 1. The first kappa shape index (κ1) is 17.3. The molecule has 3 amide bonds. The van der Waals surface area contributed by atoms with Gasteiger partial charge in [-0.2, -0.15) is 0 Å². The van der Waals surface area contributed by atoms with Gasteiger partial charge in [-0.3, -0.25) is 9.69 Å². The number of urea groups is 1. The fourth-order valence-corrected chi connectivity index (χ4v) is 2.84. The van der Waals surface area contributed by atoms with Crippen LogP contribution >= 0.6 is 0 Å². The predicted molar refractivity (Wildman–Crippen MR) is 91.2 cm³/mol. The Morgan fingerprint density at radius 1 is 1.26 bits per heavy atom. The van der Waals surface area contributed by atoms with Crippen LogP contribution in [0.5, 0.6) is 0 Å². The van der Waals surface area contributed by atoms with E-state index in [0.717, 1.165) is 31.2 Å². The molecule has 0 bridgehead atoms. The Kier molecular flexibility index (Phi) is 6.40. The molecule has 1 atom stereocenters. The number of amides is 3. The molecule has 3 N–H and O–H groups in total. The Hall–Kier alpha value is -2.08. The fourth-order valence-electron chi connectivity index (χ4n) is 2.84. The van der Waals surface area contributed by atoms with Crippen LogP contribution in [0.15, 0.2) is 24.3 Å². The summed E-state index contributed by atoms with van der Waals surface area (Å²) in [5.74, 6) is 0.529. The second kappa shape index (κ2) is 8.53. The van der Waals surface area contributed by atoms with Crippen LogP contribution in [0.25, 0.3) is 0 Å². The molecule has 23 heavy (non-hydrogen) atoms. The fraction of sp³-hybridized carbons (Fsp3) is 0.529. The molecule has 0 unspecified atom stereocenters. The van der Waals surface area contributed by atoms with Crippen LogP contribution in [0.2, 0.25) is 0 Å². The number of piperidine rings is 1. The summed E-state index contributed by atoms with van der Waals surface area (Å²) in [6.07, 6.45) is 2.60. The molecule has 0 spiro atoms. The predicted octanol–water partition coefficient (Wildman–Crippen LogP) is 1.79. The molecule has 1 aromatic rings. The van der Waals surface area contributed by atoms with Gasteiger partial charge in [0.25, 0.3) is 0 Å². The number of carbonyl (C=O) groups excluding carboxylic acids is 2. The quantitative estimate of drug-likeness (QED) is 0.775. The maximum Gasteiger partial charge on any atom is 0.314 e. The minimum absolute atomic E-state index is 0.0485. The number of rotatable bonds is 5. The van der Waals surface area contributed by atoms with E-state index in [-0.39, 0.29) is 18.5 Å². The maximum absolute atomic E-state index is 11.7. The summed E-state index contributed by atoms with van der Waals surface area (Å²) in [6.45, 7) is 5.53. The first-order valence-corrected chi connectivity index (χ1v) is 8.13. The molecule has 1 fully saturated rings. The van der Waals surface area contributed by atoms with Gasteiger partial charge in [-0.05, 0) is 43.0 Å². The summed E-state index contributed by atoms with van der Waals surface area (Å²) in [4.78, 5) is 25.2. The summed E-state index contributed by atoms with van der Waals surface area (Å²) in [7, 11) is 1.51. The normalized spacial score (nSPS) is 18.3. The van der Waals surface area contributed by atoms with Crippen LogP contribution in [0.3, 0.4) is 0 Å². The Bertz CT molecular complexity index is 530. The summed E-state index contributed by atoms with van der Waals surface area (Å²) in [5, 5.41) is 7.62. The molecule has 1 heterocycles. The largest absolute Gasteiger partial charge is 0.341 e. The van der Waals surface area contributed by atoms with Gasteiger partial charge in [0.1, 0.15) is 0 Å². The van der Waals surface area contributed by atoms with E-state index in [4.69, 9.17) is 0 Å². The van der Waals surface area contributed by atoms with Crippen molar-refractivity contribution in [2.24, 2.45) is 5.92 Å². The Morgan fingerprint density at radius 2 is 2.00 bits per heavy atom. The Labute approximate surface area is 137 Å². The van der Waals surface area contributed by atoms with Gasteiger partial charge in [0.2, 0.25) is 5.91 Å². The summed E-state index contributed by atoms with van der Waals surface area (Å²) >= 11 is 0. The molecular weight excluding hydrogens is 292 g/mol. The van der Waals surface area contributed by atoms with Gasteiger partial charge >= 0.3 is 6.03 Å². The van der Waals surface area contributed by atoms with Crippen molar-refractivity contribution in [3.63, 3.8) is 0 Å². The topological polar surface area (TPSA) is 73.5 Å². The van der Waals surface area contributed by atoms with Gasteiger partial charge in [0.15, 0.2) is 0 Å². The first-order chi connectivity index (χ1) is 11.1. The minimum atomic E-state index is -0.369. The zero-order chi connectivity index (χ0) is 16.7. The van der Waals surface area contributed by atoms with Crippen LogP contribution in [0.1, 0.15) is 25.3 Å². The molecule has 1 aliphatic rings. The van der Waals surface area contributed by atoms with Crippen LogP contribution in [-0.2, 0) is 11.3 Å². The number of nitrogens with zero attached hydrogens (tertiary/aromatic N) is 1. The monoisotopic (exact) mass is 318 g/mol. The number of carbonyl (C=O) groups is 2. The van der Waals surface area contributed by atoms with E-state index in [1.807, 2.05) is 24.3 Å². The summed E-state index contributed by atoms with van der Waals surface area (Å²) in [5.41, 5.74) is 1.99. The van der Waals surface area contributed by atoms with Gasteiger partial charge in [-0.15, -0.1) is 0 Å². The molecule has 1 saturated heterocycles. The van der Waals surface area contributed by atoms with Crippen molar-refractivity contribution in [1.82, 2.24) is 15.5 Å². The van der Waals surface area contributed by atoms with Gasteiger partial charge in [0, 0.05) is 25.8 Å². The maximum atomic E-state index is 11.7. The van der Waals surface area contributed by atoms with Gasteiger partial charge in [-0.25, -0.2) is 4.79 Å². The van der Waals surface area contributed by atoms with Crippen molar-refractivity contribution < 1.29 is 9.59 Å². The third kappa shape index (κ3) is 5.90. The van der Waals surface area contributed by atoms with Crippen LogP contribution < -0.4 is 16.0 Å². The highest BCUT2D eigenvalue weighted by Crippen LogP contribution is 2.18. The van der Waals surface area contributed by atoms with Crippen molar-refractivity contribution in [2.45, 2.75) is 26.3 Å². The average molecular weight is 318 g/mol. The average Bonchev–Trinajstić information content (AvgIpc) is 2.54. The lowest BCUT2D eigenvalue weighted by Gasteiger charge is -2.30. The van der Waals surface area contributed by atoms with E-state index < -0.39 is 0 Å². The van der Waals surface area contributed by atoms with Gasteiger partial charge in [0.05, 0.1) is 6.54 Å². The number of nitrogens with one attached hydrogen (secondary N) is 3. The van der Waals surface area contributed by atoms with E-state index in [9.17, 15) is 9.59 Å². The molecule has 126 valence electrons. The van der Waals surface area contributed by atoms with Crippen molar-refractivity contribution >= 4 is 17.6 Å². The molecule has 1 aliphatic heterocycles. The minimum Gasteiger partial charge on any atom is -0.341 e. The standard InChI is InChI=1S/C17H26N4O2/c1-13-4-3-9-21(11-13)12-14-5-7-15(8-6-14)20-16(22)10-19-17(23)18-2/h5-8,13H,3-4,9-12H2,1-2H3,(H,20,22)(H2,18,19,23)/t13-/m1/s1. The van der Waals surface area contributed by atoms with Crippen LogP contribution in [0.4, 0.5) is 10.5 Å². The molecular formula is C17H26N4O2.